The molecule has 0 fully saturated rings. The third kappa shape index (κ3) is 7.82. The molecule has 18 rings (SSSR count). The summed E-state index contributed by atoms with van der Waals surface area (Å²) in [5.41, 5.74) is 22.2. The van der Waals surface area contributed by atoms with Gasteiger partial charge in [-0.2, -0.15) is 0 Å². The number of fused-ring (bicyclic) bond motifs is 10. The highest BCUT2D eigenvalue weighted by Gasteiger charge is 2.48. The molecule has 0 saturated heterocycles. The van der Waals surface area contributed by atoms with E-state index in [1.165, 1.54) is 16.4 Å². The molecule has 88 heavy (non-hydrogen) atoms. The summed E-state index contributed by atoms with van der Waals surface area (Å²) >= 11 is 0. The molecule has 5 aliphatic heterocycles. The second-order valence-corrected chi connectivity index (χ2v) is 22.8. The molecule has 0 saturated carbocycles. The second kappa shape index (κ2) is 20.0. The van der Waals surface area contributed by atoms with Crippen molar-refractivity contribution in [2.45, 2.75) is 0 Å². The van der Waals surface area contributed by atoms with Crippen LogP contribution in [0.25, 0.3) is 0 Å². The lowest BCUT2D eigenvalue weighted by Gasteiger charge is -2.45. The Bertz CT molecular complexity index is 4760. The zero-order valence-electron chi connectivity index (χ0n) is 47.6. The molecule has 0 aliphatic carbocycles. The largest absolute Gasteiger partial charge is 0.458 e. The van der Waals surface area contributed by atoms with E-state index in [1.54, 1.807) is 0 Å². The average Bonchev–Trinajstić information content (AvgIpc) is 0.719. The Morgan fingerprint density at radius 1 is 0.216 bits per heavy atom. The Hall–Kier alpha value is -11.6. The molecule has 0 unspecified atom stereocenters. The van der Waals surface area contributed by atoms with Crippen LogP contribution in [0.15, 0.2) is 309 Å². The van der Waals surface area contributed by atoms with Gasteiger partial charge in [0, 0.05) is 86.6 Å². The Morgan fingerprint density at radius 2 is 0.614 bits per heavy atom. The van der Waals surface area contributed by atoms with E-state index in [0.29, 0.717) is 0 Å². The maximum atomic E-state index is 7.59. The predicted molar refractivity (Wildman–Crippen MR) is 362 cm³/mol. The summed E-state index contributed by atoms with van der Waals surface area (Å²) in [7, 11) is 0. The fourth-order valence-corrected chi connectivity index (χ4v) is 14.2. The van der Waals surface area contributed by atoms with Crippen molar-refractivity contribution in [1.29, 1.82) is 0 Å². The first-order chi connectivity index (χ1) is 43.7. The standard InChI is InChI=1S/C78H51B2N5O3/c1-7-25-52(26-8-1)81(53-27-9-2-10-28-53)59-45-69-77-70(46-59)84(57-35-17-6-18-36-57)68-51-74-64(50-63(68)79(77)61-37-19-20-38-65(61)83(69)56-33-15-5-16-34-56)80-62-44-43-58(85-66-39-21-23-41-71(66)86-72-42-24-22-40-67(72)85)47-73(62)87-75-48-60(49-76(88-74)78(75)80)82(54-29-11-3-12-30-54)55-31-13-4-14-32-55/h1-51H. The molecule has 13 aromatic rings. The van der Waals surface area contributed by atoms with E-state index in [2.05, 4.69) is 310 Å². The van der Waals surface area contributed by atoms with Crippen LogP contribution in [0.2, 0.25) is 0 Å². The monoisotopic (exact) mass is 1130 g/mol. The van der Waals surface area contributed by atoms with Gasteiger partial charge in [0.2, 0.25) is 0 Å². The Labute approximate surface area is 511 Å². The molecule has 5 heterocycles. The predicted octanol–water partition coefficient (Wildman–Crippen LogP) is 17.0. The Balaban J connectivity index is 0.897. The van der Waals surface area contributed by atoms with Gasteiger partial charge in [0.05, 0.1) is 28.4 Å². The van der Waals surface area contributed by atoms with E-state index < -0.39 is 0 Å². The van der Waals surface area contributed by atoms with Gasteiger partial charge in [-0.3, -0.25) is 0 Å². The summed E-state index contributed by atoms with van der Waals surface area (Å²) in [5.74, 6) is 4.60. The number of rotatable bonds is 9. The van der Waals surface area contributed by atoms with Gasteiger partial charge in [-0.25, -0.2) is 0 Å². The van der Waals surface area contributed by atoms with E-state index in [1.807, 2.05) is 24.3 Å². The van der Waals surface area contributed by atoms with Crippen molar-refractivity contribution in [2.24, 2.45) is 0 Å². The maximum absolute atomic E-state index is 7.59. The van der Waals surface area contributed by atoms with Crippen LogP contribution >= 0.6 is 0 Å². The van der Waals surface area contributed by atoms with Crippen molar-refractivity contribution in [3.05, 3.63) is 309 Å². The zero-order chi connectivity index (χ0) is 57.8. The van der Waals surface area contributed by atoms with Crippen LogP contribution in [0.4, 0.5) is 85.3 Å². The molecule has 0 spiro atoms. The van der Waals surface area contributed by atoms with Crippen LogP contribution in [0.1, 0.15) is 0 Å². The van der Waals surface area contributed by atoms with Gasteiger partial charge in [0.25, 0.3) is 13.4 Å². The van der Waals surface area contributed by atoms with Crippen molar-refractivity contribution in [2.75, 3.05) is 24.5 Å². The van der Waals surface area contributed by atoms with Crippen LogP contribution in [0, 0.1) is 0 Å². The lowest BCUT2D eigenvalue weighted by atomic mass is 9.31. The van der Waals surface area contributed by atoms with Gasteiger partial charge >= 0.3 is 0 Å². The number of hydrogen-bond donors (Lipinski definition) is 0. The number of hydrogen-bond acceptors (Lipinski definition) is 8. The molecule has 8 nitrogen and oxygen atoms in total. The molecule has 0 atom stereocenters. The number of anilines is 15. The van der Waals surface area contributed by atoms with Gasteiger partial charge in [-0.15, -0.1) is 0 Å². The third-order valence-corrected chi connectivity index (χ3v) is 17.8. The zero-order valence-corrected chi connectivity index (χ0v) is 47.6. The molecule has 0 bridgehead atoms. The summed E-state index contributed by atoms with van der Waals surface area (Å²) in [6.07, 6.45) is 0. The molecule has 5 aliphatic rings. The van der Waals surface area contributed by atoms with Gasteiger partial charge in [-0.1, -0.05) is 164 Å². The fraction of sp³-hybridized carbons (Fsp3) is 0. The van der Waals surface area contributed by atoms with E-state index in [0.717, 1.165) is 136 Å². The third-order valence-electron chi connectivity index (χ3n) is 17.8. The van der Waals surface area contributed by atoms with Gasteiger partial charge < -0.3 is 38.7 Å². The van der Waals surface area contributed by atoms with Crippen LogP contribution in [0.5, 0.6) is 34.5 Å². The number of benzene rings is 13. The first-order valence-electron chi connectivity index (χ1n) is 30.0. The minimum atomic E-state index is -0.282. The topological polar surface area (TPSA) is 43.9 Å². The number of nitrogens with zero attached hydrogens (tertiary/aromatic N) is 5. The van der Waals surface area contributed by atoms with Crippen LogP contribution in [-0.4, -0.2) is 13.4 Å². The summed E-state index contributed by atoms with van der Waals surface area (Å²) in [6.45, 7) is -0.468. The molecular formula is C78H51B2N5O3. The smallest absolute Gasteiger partial charge is 0.260 e. The van der Waals surface area contributed by atoms with Crippen molar-refractivity contribution in [3.8, 4) is 34.5 Å². The highest BCUT2D eigenvalue weighted by molar-refractivity contribution is 7.02. The van der Waals surface area contributed by atoms with Gasteiger partial charge in [0.1, 0.15) is 23.0 Å². The molecule has 10 heteroatoms. The van der Waals surface area contributed by atoms with Crippen LogP contribution in [0.3, 0.4) is 0 Å². The minimum absolute atomic E-state index is 0.186. The molecule has 0 radical (unpaired) electrons. The van der Waals surface area contributed by atoms with E-state index in [9.17, 15) is 0 Å². The van der Waals surface area contributed by atoms with Crippen LogP contribution in [-0.2, 0) is 0 Å². The summed E-state index contributed by atoms with van der Waals surface area (Å²) < 4.78 is 21.5. The highest BCUT2D eigenvalue weighted by Crippen LogP contribution is 2.53. The molecule has 0 N–H and O–H groups in total. The first kappa shape index (κ1) is 49.8. The van der Waals surface area contributed by atoms with Crippen molar-refractivity contribution in [1.82, 2.24) is 0 Å². The fourth-order valence-electron chi connectivity index (χ4n) is 14.2. The lowest BCUT2D eigenvalue weighted by Crippen LogP contribution is -2.64. The number of ether oxygens (including phenoxy) is 3. The summed E-state index contributed by atoms with van der Waals surface area (Å²) in [4.78, 5) is 11.9. The quantitative estimate of drug-likeness (QED) is 0.133. The second-order valence-electron chi connectivity index (χ2n) is 22.8. The maximum Gasteiger partial charge on any atom is 0.260 e. The molecular weight excluding hydrogens is 1080 g/mol. The summed E-state index contributed by atoms with van der Waals surface area (Å²) in [5, 5.41) is 0. The SMILES string of the molecule is c1ccc(N(c2ccccc2)c2cc3c4c(c2)Oc2cc5c(cc2B4c2ccc(N4c6ccccc6Oc6ccccc64)cc2O3)B2c3ccccc3N(c3ccccc3)c3cc(N(c4ccccc4)c4ccccc4)cc(c32)N5c2ccccc2)cc1. The lowest BCUT2D eigenvalue weighted by molar-refractivity contribution is 0.464. The van der Waals surface area contributed by atoms with Crippen molar-refractivity contribution < 1.29 is 14.2 Å². The average molecular weight is 1130 g/mol. The van der Waals surface area contributed by atoms with Crippen LogP contribution < -0.4 is 71.5 Å². The molecule has 412 valence electrons. The van der Waals surface area contributed by atoms with E-state index in [4.69, 9.17) is 14.2 Å². The molecule has 13 aromatic carbocycles. The summed E-state index contributed by atoms with van der Waals surface area (Å²) in [6, 6.07) is 110. The van der Waals surface area contributed by atoms with Gasteiger partial charge in [0.15, 0.2) is 11.5 Å². The van der Waals surface area contributed by atoms with Gasteiger partial charge in [-0.05, 0) is 149 Å². The van der Waals surface area contributed by atoms with Crippen molar-refractivity contribution in [3.63, 3.8) is 0 Å². The number of para-hydroxylation sites is 11. The van der Waals surface area contributed by atoms with E-state index in [-0.39, 0.29) is 13.4 Å². The van der Waals surface area contributed by atoms with E-state index >= 15 is 0 Å². The highest BCUT2D eigenvalue weighted by atomic mass is 16.5. The first-order valence-corrected chi connectivity index (χ1v) is 30.0. The Morgan fingerprint density at radius 3 is 1.14 bits per heavy atom. The molecule has 0 amide bonds. The normalized spacial score (nSPS) is 13.2. The minimum Gasteiger partial charge on any atom is -0.458 e. The van der Waals surface area contributed by atoms with Crippen molar-refractivity contribution >= 4 is 132 Å². The Kier molecular flexibility index (Phi) is 11.3. The molecule has 0 aromatic heterocycles.